The van der Waals surface area contributed by atoms with Crippen LogP contribution in [0.4, 0.5) is 0 Å². The summed E-state index contributed by atoms with van der Waals surface area (Å²) < 4.78 is 31.4. The third-order valence-corrected chi connectivity index (χ3v) is 9.08. The summed E-state index contributed by atoms with van der Waals surface area (Å²) in [5.74, 6) is -0.424. The number of fused-ring (bicyclic) bond motifs is 1. The van der Waals surface area contributed by atoms with E-state index in [2.05, 4.69) is 20.9 Å². The molecule has 1 amide bonds. The molecule has 0 unspecified atom stereocenters. The van der Waals surface area contributed by atoms with Crippen molar-refractivity contribution in [2.45, 2.75) is 38.1 Å². The summed E-state index contributed by atoms with van der Waals surface area (Å²) in [6, 6.07) is 12.9. The molecule has 31 heavy (non-hydrogen) atoms. The summed E-state index contributed by atoms with van der Waals surface area (Å²) >= 11 is 4.99. The van der Waals surface area contributed by atoms with Crippen LogP contribution in [0.3, 0.4) is 0 Å². The van der Waals surface area contributed by atoms with E-state index in [9.17, 15) is 13.2 Å². The van der Waals surface area contributed by atoms with E-state index in [0.717, 1.165) is 26.8 Å². The van der Waals surface area contributed by atoms with E-state index in [1.165, 1.54) is 15.6 Å². The number of benzene rings is 2. The SMILES string of the molecule is CCn1c(=NC(=O)C2CCN(S(=O)(=O)c3ccc(C)cc3)CC2)sc2cc(Br)ccc21. The van der Waals surface area contributed by atoms with Crippen molar-refractivity contribution in [3.05, 3.63) is 57.3 Å². The molecular formula is C22H24BrN3O3S2. The number of hydrogen-bond acceptors (Lipinski definition) is 4. The van der Waals surface area contributed by atoms with Gasteiger partial charge >= 0.3 is 0 Å². The number of carbonyl (C=O) groups is 1. The molecule has 0 radical (unpaired) electrons. The van der Waals surface area contributed by atoms with E-state index in [1.54, 1.807) is 24.3 Å². The molecule has 0 aliphatic carbocycles. The fraction of sp³-hybridized carbons (Fsp3) is 0.364. The topological polar surface area (TPSA) is 71.7 Å². The van der Waals surface area contributed by atoms with Crippen LogP contribution in [0.1, 0.15) is 25.3 Å². The lowest BCUT2D eigenvalue weighted by molar-refractivity contribution is -0.122. The number of aromatic nitrogens is 1. The Morgan fingerprint density at radius 1 is 1.16 bits per heavy atom. The Labute approximate surface area is 194 Å². The first-order valence-corrected chi connectivity index (χ1v) is 13.3. The van der Waals surface area contributed by atoms with Gasteiger partial charge in [0.05, 0.1) is 15.1 Å². The van der Waals surface area contributed by atoms with Gasteiger partial charge in [0.25, 0.3) is 5.91 Å². The van der Waals surface area contributed by atoms with Crippen LogP contribution >= 0.6 is 27.3 Å². The number of amides is 1. The average Bonchev–Trinajstić information content (AvgIpc) is 3.09. The standard InChI is InChI=1S/C22H24BrN3O3S2/c1-3-26-19-9-6-17(23)14-20(19)30-22(26)24-21(27)16-10-12-25(13-11-16)31(28,29)18-7-4-15(2)5-8-18/h4-9,14,16H,3,10-13H2,1-2H3. The van der Waals surface area contributed by atoms with Crippen molar-refractivity contribution in [2.24, 2.45) is 10.9 Å². The van der Waals surface area contributed by atoms with Gasteiger partial charge in [0.15, 0.2) is 4.80 Å². The molecule has 0 atom stereocenters. The molecule has 0 N–H and O–H groups in total. The van der Waals surface area contributed by atoms with Crippen molar-refractivity contribution in [3.8, 4) is 0 Å². The number of sulfonamides is 1. The van der Waals surface area contributed by atoms with Crippen LogP contribution < -0.4 is 4.80 Å². The van der Waals surface area contributed by atoms with Gasteiger partial charge in [-0.05, 0) is 57.0 Å². The van der Waals surface area contributed by atoms with Gasteiger partial charge in [-0.3, -0.25) is 4.79 Å². The zero-order valence-corrected chi connectivity index (χ0v) is 20.6. The maximum Gasteiger partial charge on any atom is 0.251 e. The van der Waals surface area contributed by atoms with Crippen molar-refractivity contribution in [3.63, 3.8) is 0 Å². The van der Waals surface area contributed by atoms with Gasteiger partial charge in [-0.1, -0.05) is 45.0 Å². The molecule has 2 heterocycles. The average molecular weight is 522 g/mol. The van der Waals surface area contributed by atoms with E-state index in [4.69, 9.17) is 0 Å². The van der Waals surface area contributed by atoms with Crippen LogP contribution in [-0.2, 0) is 21.4 Å². The largest absolute Gasteiger partial charge is 0.317 e. The van der Waals surface area contributed by atoms with Gasteiger partial charge in [0, 0.05) is 30.0 Å². The lowest BCUT2D eigenvalue weighted by atomic mass is 9.98. The predicted octanol–water partition coefficient (Wildman–Crippen LogP) is 4.32. The molecule has 0 saturated carbocycles. The second-order valence-corrected chi connectivity index (χ2v) is 11.5. The van der Waals surface area contributed by atoms with Crippen LogP contribution in [0, 0.1) is 12.8 Å². The van der Waals surface area contributed by atoms with E-state index < -0.39 is 10.0 Å². The molecule has 1 aliphatic rings. The number of hydrogen-bond donors (Lipinski definition) is 0. The lowest BCUT2D eigenvalue weighted by Gasteiger charge is -2.29. The van der Waals surface area contributed by atoms with Crippen LogP contribution in [-0.4, -0.2) is 36.3 Å². The first-order chi connectivity index (χ1) is 14.8. The summed E-state index contributed by atoms with van der Waals surface area (Å²) in [6.45, 7) is 5.34. The molecule has 4 rings (SSSR count). The molecule has 2 aromatic carbocycles. The molecule has 1 aromatic heterocycles. The molecule has 9 heteroatoms. The van der Waals surface area contributed by atoms with Gasteiger partial charge in [0.2, 0.25) is 10.0 Å². The Bertz CT molecular complexity index is 1290. The number of piperidine rings is 1. The van der Waals surface area contributed by atoms with Crippen molar-refractivity contribution < 1.29 is 13.2 Å². The Morgan fingerprint density at radius 3 is 2.48 bits per heavy atom. The van der Waals surface area contributed by atoms with Gasteiger partial charge in [-0.25, -0.2) is 8.42 Å². The van der Waals surface area contributed by atoms with E-state index in [1.807, 2.05) is 36.6 Å². The highest BCUT2D eigenvalue weighted by Crippen LogP contribution is 2.26. The lowest BCUT2D eigenvalue weighted by Crippen LogP contribution is -2.40. The predicted molar refractivity (Wildman–Crippen MR) is 126 cm³/mol. The zero-order chi connectivity index (χ0) is 22.2. The van der Waals surface area contributed by atoms with Gasteiger partial charge < -0.3 is 4.57 Å². The summed E-state index contributed by atoms with van der Waals surface area (Å²) in [6.07, 6.45) is 0.964. The highest BCUT2D eigenvalue weighted by Gasteiger charge is 2.32. The van der Waals surface area contributed by atoms with Crippen LogP contribution in [0.2, 0.25) is 0 Å². The first kappa shape index (κ1) is 22.4. The minimum Gasteiger partial charge on any atom is -0.317 e. The molecule has 0 bridgehead atoms. The van der Waals surface area contributed by atoms with Crippen LogP contribution in [0.25, 0.3) is 10.2 Å². The maximum absolute atomic E-state index is 12.9. The normalized spacial score (nSPS) is 16.8. The van der Waals surface area contributed by atoms with Crippen molar-refractivity contribution in [2.75, 3.05) is 13.1 Å². The van der Waals surface area contributed by atoms with Crippen LogP contribution in [0.15, 0.2) is 56.8 Å². The molecule has 0 spiro atoms. The smallest absolute Gasteiger partial charge is 0.251 e. The summed E-state index contributed by atoms with van der Waals surface area (Å²) in [5, 5.41) is 0. The number of thiazole rings is 1. The minimum absolute atomic E-state index is 0.166. The quantitative estimate of drug-likeness (QED) is 0.513. The molecule has 1 saturated heterocycles. The van der Waals surface area contributed by atoms with Gasteiger partial charge in [-0.2, -0.15) is 9.30 Å². The highest BCUT2D eigenvalue weighted by atomic mass is 79.9. The first-order valence-electron chi connectivity index (χ1n) is 10.2. The van der Waals surface area contributed by atoms with Crippen molar-refractivity contribution >= 4 is 53.4 Å². The summed E-state index contributed by atoms with van der Waals surface area (Å²) in [7, 11) is -3.53. The molecule has 6 nitrogen and oxygen atoms in total. The Balaban J connectivity index is 1.51. The molecular weight excluding hydrogens is 498 g/mol. The van der Waals surface area contributed by atoms with Crippen LogP contribution in [0.5, 0.6) is 0 Å². The number of nitrogens with zero attached hydrogens (tertiary/aromatic N) is 3. The fourth-order valence-electron chi connectivity index (χ4n) is 3.83. The van der Waals surface area contributed by atoms with E-state index in [0.29, 0.717) is 35.6 Å². The van der Waals surface area contributed by atoms with Crippen molar-refractivity contribution in [1.29, 1.82) is 0 Å². The highest BCUT2D eigenvalue weighted by molar-refractivity contribution is 9.10. The number of halogens is 1. The number of aryl methyl sites for hydroxylation is 2. The maximum atomic E-state index is 12.9. The minimum atomic E-state index is -3.53. The van der Waals surface area contributed by atoms with Gasteiger partial charge in [0.1, 0.15) is 0 Å². The number of carbonyl (C=O) groups excluding carboxylic acids is 1. The van der Waals surface area contributed by atoms with Gasteiger partial charge in [-0.15, -0.1) is 0 Å². The summed E-state index contributed by atoms with van der Waals surface area (Å²) in [5.41, 5.74) is 2.07. The van der Waals surface area contributed by atoms with E-state index >= 15 is 0 Å². The molecule has 1 fully saturated rings. The Morgan fingerprint density at radius 2 is 1.84 bits per heavy atom. The third kappa shape index (κ3) is 4.55. The third-order valence-electron chi connectivity index (χ3n) is 5.63. The summed E-state index contributed by atoms with van der Waals surface area (Å²) in [4.78, 5) is 18.3. The molecule has 164 valence electrons. The second-order valence-electron chi connectivity index (χ2n) is 7.68. The Kier molecular flexibility index (Phi) is 6.48. The fourth-order valence-corrected chi connectivity index (χ4v) is 6.95. The second kappa shape index (κ2) is 8.97. The zero-order valence-electron chi connectivity index (χ0n) is 17.4. The Hall–Kier alpha value is -1.81. The number of rotatable bonds is 4. The molecule has 1 aliphatic heterocycles. The molecule has 3 aromatic rings. The van der Waals surface area contributed by atoms with E-state index in [-0.39, 0.29) is 11.8 Å². The van der Waals surface area contributed by atoms with Crippen molar-refractivity contribution in [1.82, 2.24) is 8.87 Å². The monoisotopic (exact) mass is 521 g/mol.